The minimum absolute atomic E-state index is 0.0765. The number of hydrogen-bond donors (Lipinski definition) is 3. The van der Waals surface area contributed by atoms with Crippen molar-refractivity contribution in [2.24, 2.45) is 5.92 Å². The molecule has 36 heavy (non-hydrogen) atoms. The average molecular weight is 510 g/mol. The smallest absolute Gasteiger partial charge is 0.406 e. The van der Waals surface area contributed by atoms with Crippen LogP contribution < -0.4 is 20.7 Å². The molecule has 1 saturated carbocycles. The maximum Gasteiger partial charge on any atom is 0.573 e. The lowest BCUT2D eigenvalue weighted by Crippen LogP contribution is -2.49. The van der Waals surface area contributed by atoms with Crippen molar-refractivity contribution in [1.82, 2.24) is 10.6 Å². The van der Waals surface area contributed by atoms with Crippen molar-refractivity contribution in [2.45, 2.75) is 57.3 Å². The zero-order valence-corrected chi connectivity index (χ0v) is 19.9. The Bertz CT molecular complexity index is 975. The highest BCUT2D eigenvalue weighted by Gasteiger charge is 2.31. The Kier molecular flexibility index (Phi) is 9.95. The summed E-state index contributed by atoms with van der Waals surface area (Å²) < 4.78 is 53.9. The average Bonchev–Trinajstić information content (AvgIpc) is 2.83. The molecule has 0 radical (unpaired) electrons. The normalized spacial score (nSPS) is 15.1. The van der Waals surface area contributed by atoms with Gasteiger partial charge in [0.15, 0.2) is 0 Å². The van der Waals surface area contributed by atoms with Crippen LogP contribution >= 0.6 is 0 Å². The van der Waals surface area contributed by atoms with Crippen LogP contribution in [0.2, 0.25) is 0 Å². The third-order valence-corrected chi connectivity index (χ3v) is 6.06. The van der Waals surface area contributed by atoms with Gasteiger partial charge in [-0.05, 0) is 54.3 Å². The molecule has 0 aromatic heterocycles. The first kappa shape index (κ1) is 27.3. The lowest BCUT2D eigenvalue weighted by molar-refractivity contribution is -0.274. The topological polar surface area (TPSA) is 79.5 Å². The molecular weight excluding hydrogens is 478 g/mol. The summed E-state index contributed by atoms with van der Waals surface area (Å²) in [5.41, 5.74) is 1.23. The van der Waals surface area contributed by atoms with Gasteiger partial charge in [-0.25, -0.2) is 4.39 Å². The van der Waals surface area contributed by atoms with Crippen LogP contribution in [0.3, 0.4) is 0 Å². The Morgan fingerprint density at radius 1 is 0.944 bits per heavy atom. The molecule has 6 nitrogen and oxygen atoms in total. The van der Waals surface area contributed by atoms with Crippen molar-refractivity contribution in [1.29, 1.82) is 0 Å². The second-order valence-electron chi connectivity index (χ2n) is 8.95. The van der Waals surface area contributed by atoms with Gasteiger partial charge in [-0.1, -0.05) is 44.2 Å². The number of benzene rings is 2. The molecule has 0 bridgehead atoms. The van der Waals surface area contributed by atoms with E-state index in [1.54, 1.807) is 12.1 Å². The molecule has 1 aliphatic carbocycles. The van der Waals surface area contributed by atoms with Crippen LogP contribution in [0, 0.1) is 11.7 Å². The molecule has 2 aromatic rings. The molecule has 196 valence electrons. The van der Waals surface area contributed by atoms with Crippen molar-refractivity contribution >= 4 is 17.5 Å². The quantitative estimate of drug-likeness (QED) is 0.296. The molecule has 0 spiro atoms. The number of rotatable bonds is 11. The van der Waals surface area contributed by atoms with Gasteiger partial charge in [0, 0.05) is 18.8 Å². The molecule has 1 unspecified atom stereocenters. The highest BCUT2D eigenvalue weighted by molar-refractivity contribution is 5.88. The molecule has 10 heteroatoms. The first-order chi connectivity index (χ1) is 17.2. The highest BCUT2D eigenvalue weighted by atomic mass is 19.4. The number of amides is 2. The third-order valence-electron chi connectivity index (χ3n) is 6.06. The summed E-state index contributed by atoms with van der Waals surface area (Å²) in [7, 11) is 0. The van der Waals surface area contributed by atoms with Gasteiger partial charge in [-0.15, -0.1) is 13.2 Å². The van der Waals surface area contributed by atoms with Gasteiger partial charge in [0.05, 0.1) is 6.42 Å². The van der Waals surface area contributed by atoms with E-state index < -0.39 is 12.4 Å². The van der Waals surface area contributed by atoms with Crippen LogP contribution in [0.4, 0.5) is 23.2 Å². The predicted octanol–water partition coefficient (Wildman–Crippen LogP) is 4.95. The van der Waals surface area contributed by atoms with E-state index in [0.29, 0.717) is 31.0 Å². The van der Waals surface area contributed by atoms with Crippen molar-refractivity contribution in [3.05, 3.63) is 59.9 Å². The number of ether oxygens (including phenoxy) is 1. The number of halogens is 4. The van der Waals surface area contributed by atoms with Crippen LogP contribution in [0.5, 0.6) is 5.75 Å². The highest BCUT2D eigenvalue weighted by Crippen LogP contribution is 2.27. The molecule has 1 atom stereocenters. The lowest BCUT2D eigenvalue weighted by atomic mass is 9.84. The largest absolute Gasteiger partial charge is 0.573 e. The molecule has 3 N–H and O–H groups in total. The van der Waals surface area contributed by atoms with E-state index in [1.165, 1.54) is 30.7 Å². The van der Waals surface area contributed by atoms with E-state index in [1.807, 2.05) is 0 Å². The summed E-state index contributed by atoms with van der Waals surface area (Å²) >= 11 is 0. The molecule has 0 heterocycles. The summed E-state index contributed by atoms with van der Waals surface area (Å²) in [4.78, 5) is 25.6. The van der Waals surface area contributed by atoms with Gasteiger partial charge >= 0.3 is 6.36 Å². The molecule has 2 amide bonds. The van der Waals surface area contributed by atoms with Crippen LogP contribution in [0.1, 0.15) is 44.1 Å². The summed E-state index contributed by atoms with van der Waals surface area (Å²) in [5.74, 6) is -1.04. The molecule has 2 aromatic carbocycles. The number of hydrogen-bond acceptors (Lipinski definition) is 4. The molecule has 0 aliphatic heterocycles. The van der Waals surface area contributed by atoms with Crippen molar-refractivity contribution in [3.63, 3.8) is 0 Å². The van der Waals surface area contributed by atoms with Gasteiger partial charge < -0.3 is 20.7 Å². The molecule has 1 aliphatic rings. The summed E-state index contributed by atoms with van der Waals surface area (Å²) in [6, 6.07) is 10.2. The zero-order chi connectivity index (χ0) is 26.0. The number of anilines is 1. The van der Waals surface area contributed by atoms with Gasteiger partial charge in [-0.2, -0.15) is 0 Å². The van der Waals surface area contributed by atoms with Crippen molar-refractivity contribution < 1.29 is 31.9 Å². The van der Waals surface area contributed by atoms with Crippen molar-refractivity contribution in [2.75, 3.05) is 18.4 Å². The SMILES string of the molecule is O=C(Cc1ccc(OC(F)(F)F)cc1)NC(CC1CCCCC1)C(=O)NCCNc1ccc(F)cc1. The van der Waals surface area contributed by atoms with Crippen LogP contribution in [0.25, 0.3) is 0 Å². The Labute approximate surface area is 207 Å². The lowest BCUT2D eigenvalue weighted by Gasteiger charge is -2.26. The van der Waals surface area contributed by atoms with Gasteiger partial charge in [0.1, 0.15) is 17.6 Å². The summed E-state index contributed by atoms with van der Waals surface area (Å²) in [5, 5.41) is 8.74. The Morgan fingerprint density at radius 2 is 1.61 bits per heavy atom. The first-order valence-electron chi connectivity index (χ1n) is 12.1. The van der Waals surface area contributed by atoms with Gasteiger partial charge in [-0.3, -0.25) is 9.59 Å². The van der Waals surface area contributed by atoms with E-state index in [0.717, 1.165) is 43.5 Å². The molecular formula is C26H31F4N3O3. The monoisotopic (exact) mass is 509 g/mol. The summed E-state index contributed by atoms with van der Waals surface area (Å²) in [6.45, 7) is 0.738. The van der Waals surface area contributed by atoms with Crippen LogP contribution in [0.15, 0.2) is 48.5 Å². The zero-order valence-electron chi connectivity index (χ0n) is 19.9. The van der Waals surface area contributed by atoms with Gasteiger partial charge in [0.25, 0.3) is 0 Å². The van der Waals surface area contributed by atoms with Gasteiger partial charge in [0.2, 0.25) is 11.8 Å². The summed E-state index contributed by atoms with van der Waals surface area (Å²) in [6.07, 6.45) is 1.05. The fraction of sp³-hybridized carbons (Fsp3) is 0.462. The molecule has 0 saturated heterocycles. The number of carbonyl (C=O) groups excluding carboxylic acids is 2. The fourth-order valence-electron chi connectivity index (χ4n) is 4.31. The second-order valence-corrected chi connectivity index (χ2v) is 8.95. The Balaban J connectivity index is 1.52. The maximum atomic E-state index is 13.0. The Hall–Kier alpha value is -3.30. The maximum absolute atomic E-state index is 13.0. The minimum atomic E-state index is -4.78. The molecule has 1 fully saturated rings. The third kappa shape index (κ3) is 9.75. The van der Waals surface area contributed by atoms with E-state index in [4.69, 9.17) is 0 Å². The number of carbonyl (C=O) groups is 2. The van der Waals surface area contributed by atoms with E-state index in [2.05, 4.69) is 20.7 Å². The minimum Gasteiger partial charge on any atom is -0.406 e. The number of alkyl halides is 3. The van der Waals surface area contributed by atoms with E-state index in [9.17, 15) is 27.2 Å². The standard InChI is InChI=1S/C26H31F4N3O3/c27-20-8-10-21(11-9-20)31-14-15-32-25(35)23(16-18-4-2-1-3-5-18)33-24(34)17-19-6-12-22(13-7-19)36-26(28,29)30/h6-13,18,23,31H,1-5,14-17H2,(H,32,35)(H,33,34). The van der Waals surface area contributed by atoms with Crippen LogP contribution in [-0.2, 0) is 16.0 Å². The van der Waals surface area contributed by atoms with E-state index >= 15 is 0 Å². The predicted molar refractivity (Wildman–Crippen MR) is 128 cm³/mol. The fourth-order valence-corrected chi connectivity index (χ4v) is 4.31. The second kappa shape index (κ2) is 13.1. The number of nitrogens with one attached hydrogen (secondary N) is 3. The molecule has 3 rings (SSSR count). The van der Waals surface area contributed by atoms with Crippen LogP contribution in [-0.4, -0.2) is 37.3 Å². The van der Waals surface area contributed by atoms with E-state index in [-0.39, 0.29) is 29.8 Å². The van der Waals surface area contributed by atoms with Crippen molar-refractivity contribution in [3.8, 4) is 5.75 Å². The Morgan fingerprint density at radius 3 is 2.25 bits per heavy atom. The first-order valence-corrected chi connectivity index (χ1v) is 12.1.